The van der Waals surface area contributed by atoms with Crippen LogP contribution in [0.25, 0.3) is 0 Å². The van der Waals surface area contributed by atoms with Gasteiger partial charge in [-0.2, -0.15) is 4.31 Å². The molecule has 3 aromatic rings. The summed E-state index contributed by atoms with van der Waals surface area (Å²) in [7, 11) is -4.17. The van der Waals surface area contributed by atoms with Gasteiger partial charge in [0.1, 0.15) is 5.82 Å². The highest BCUT2D eigenvalue weighted by Gasteiger charge is 2.28. The first kappa shape index (κ1) is 25.4. The summed E-state index contributed by atoms with van der Waals surface area (Å²) >= 11 is 6.12. The molecule has 0 spiro atoms. The minimum Gasteiger partial charge on any atom is -0.326 e. The molecule has 0 radical (unpaired) electrons. The number of sulfonamides is 1. The lowest BCUT2D eigenvalue weighted by molar-refractivity contribution is -0.116. The Labute approximate surface area is 202 Å². The van der Waals surface area contributed by atoms with E-state index in [1.807, 2.05) is 6.92 Å². The first-order chi connectivity index (χ1) is 16.1. The third-order valence-corrected chi connectivity index (χ3v) is 7.00. The molecule has 2 amide bonds. The molecule has 0 aliphatic rings. The van der Waals surface area contributed by atoms with Crippen LogP contribution in [-0.2, 0) is 26.2 Å². The number of hydrogen-bond donors (Lipinski definition) is 2. The van der Waals surface area contributed by atoms with Crippen molar-refractivity contribution in [2.24, 2.45) is 0 Å². The van der Waals surface area contributed by atoms with Crippen molar-refractivity contribution in [1.29, 1.82) is 0 Å². The van der Waals surface area contributed by atoms with Gasteiger partial charge >= 0.3 is 0 Å². The molecule has 3 aromatic carbocycles. The Balaban J connectivity index is 1.90. The number of hydrogen-bond acceptors (Lipinski definition) is 4. The number of amides is 2. The Morgan fingerprint density at radius 1 is 0.971 bits per heavy atom. The maximum absolute atomic E-state index is 14.4. The predicted octanol–water partition coefficient (Wildman–Crippen LogP) is 4.58. The highest BCUT2D eigenvalue weighted by Crippen LogP contribution is 2.25. The van der Waals surface area contributed by atoms with Crippen LogP contribution in [-0.4, -0.2) is 31.1 Å². The summed E-state index contributed by atoms with van der Waals surface area (Å²) in [5.74, 6) is -1.61. The normalized spacial score (nSPS) is 11.3. The molecule has 0 saturated carbocycles. The van der Waals surface area contributed by atoms with E-state index in [0.29, 0.717) is 11.4 Å². The van der Waals surface area contributed by atoms with Crippen LogP contribution >= 0.6 is 11.6 Å². The lowest BCUT2D eigenvalue weighted by atomic mass is 10.2. The SMILES string of the molecule is CC(=O)Nc1cccc(NC(=O)CN(Cc2c(F)cccc2Cl)S(=O)(=O)c2ccc(C)cc2)c1. The summed E-state index contributed by atoms with van der Waals surface area (Å²) in [5, 5.41) is 5.26. The van der Waals surface area contributed by atoms with Gasteiger partial charge in [-0.05, 0) is 49.4 Å². The van der Waals surface area contributed by atoms with Crippen molar-refractivity contribution in [2.75, 3.05) is 17.2 Å². The number of anilines is 2. The number of carbonyl (C=O) groups excluding carboxylic acids is 2. The molecule has 0 atom stereocenters. The average Bonchev–Trinajstić information content (AvgIpc) is 2.75. The van der Waals surface area contributed by atoms with E-state index in [4.69, 9.17) is 11.6 Å². The number of halogens is 2. The van der Waals surface area contributed by atoms with E-state index >= 15 is 0 Å². The molecular formula is C24H23ClFN3O4S. The molecule has 0 saturated heterocycles. The van der Waals surface area contributed by atoms with Crippen LogP contribution in [0.1, 0.15) is 18.1 Å². The maximum Gasteiger partial charge on any atom is 0.243 e. The molecular weight excluding hydrogens is 481 g/mol. The molecule has 3 rings (SSSR count). The van der Waals surface area contributed by atoms with Crippen LogP contribution in [0.2, 0.25) is 5.02 Å². The second-order valence-corrected chi connectivity index (χ2v) is 9.94. The van der Waals surface area contributed by atoms with Crippen LogP contribution in [0.15, 0.2) is 71.6 Å². The van der Waals surface area contributed by atoms with Crippen LogP contribution in [0.3, 0.4) is 0 Å². The molecule has 0 unspecified atom stereocenters. The molecule has 0 aliphatic carbocycles. The summed E-state index contributed by atoms with van der Waals surface area (Å²) in [6, 6.07) is 16.5. The van der Waals surface area contributed by atoms with Crippen molar-refractivity contribution in [3.63, 3.8) is 0 Å². The molecule has 0 aromatic heterocycles. The number of aryl methyl sites for hydroxylation is 1. The highest BCUT2D eigenvalue weighted by atomic mass is 35.5. The molecule has 7 nitrogen and oxygen atoms in total. The molecule has 10 heteroatoms. The van der Waals surface area contributed by atoms with Crippen molar-refractivity contribution >= 4 is 44.8 Å². The van der Waals surface area contributed by atoms with Gasteiger partial charge in [-0.1, -0.05) is 41.4 Å². The zero-order chi connectivity index (χ0) is 24.9. The Bertz CT molecular complexity index is 1290. The number of carbonyl (C=O) groups is 2. The molecule has 0 bridgehead atoms. The Kier molecular flexibility index (Phi) is 8.03. The Morgan fingerprint density at radius 3 is 2.21 bits per heavy atom. The van der Waals surface area contributed by atoms with E-state index in [0.717, 1.165) is 9.87 Å². The summed E-state index contributed by atoms with van der Waals surface area (Å²) in [6.45, 7) is 2.13. The smallest absolute Gasteiger partial charge is 0.243 e. The van der Waals surface area contributed by atoms with Crippen LogP contribution in [0.4, 0.5) is 15.8 Å². The van der Waals surface area contributed by atoms with E-state index in [-0.39, 0.29) is 21.4 Å². The second kappa shape index (κ2) is 10.8. The van der Waals surface area contributed by atoms with Gasteiger partial charge < -0.3 is 10.6 Å². The van der Waals surface area contributed by atoms with Gasteiger partial charge in [-0.25, -0.2) is 12.8 Å². The van der Waals surface area contributed by atoms with Crippen LogP contribution in [0, 0.1) is 12.7 Å². The first-order valence-corrected chi connectivity index (χ1v) is 12.1. The average molecular weight is 504 g/mol. The summed E-state index contributed by atoms with van der Waals surface area (Å²) in [5.41, 5.74) is 1.64. The van der Waals surface area contributed by atoms with Gasteiger partial charge in [0.2, 0.25) is 21.8 Å². The van der Waals surface area contributed by atoms with Gasteiger partial charge in [0.15, 0.2) is 0 Å². The van der Waals surface area contributed by atoms with Gasteiger partial charge in [0.05, 0.1) is 11.4 Å². The van der Waals surface area contributed by atoms with Crippen molar-refractivity contribution < 1.29 is 22.4 Å². The zero-order valence-corrected chi connectivity index (χ0v) is 20.1. The maximum atomic E-state index is 14.4. The van der Waals surface area contributed by atoms with Crippen molar-refractivity contribution in [3.8, 4) is 0 Å². The van der Waals surface area contributed by atoms with Crippen molar-refractivity contribution in [3.05, 3.63) is 88.7 Å². The monoisotopic (exact) mass is 503 g/mol. The second-order valence-electron chi connectivity index (χ2n) is 7.60. The fourth-order valence-electron chi connectivity index (χ4n) is 3.18. The van der Waals surface area contributed by atoms with Crippen LogP contribution < -0.4 is 10.6 Å². The lowest BCUT2D eigenvalue weighted by Crippen LogP contribution is -2.38. The number of benzene rings is 3. The Morgan fingerprint density at radius 2 is 1.59 bits per heavy atom. The van der Waals surface area contributed by atoms with Gasteiger partial charge in [0, 0.05) is 35.4 Å². The van der Waals surface area contributed by atoms with E-state index in [1.54, 1.807) is 30.3 Å². The minimum atomic E-state index is -4.17. The Hall–Kier alpha value is -3.27. The van der Waals surface area contributed by atoms with Gasteiger partial charge in [0.25, 0.3) is 0 Å². The summed E-state index contributed by atoms with van der Waals surface area (Å²) in [6.07, 6.45) is 0. The fourth-order valence-corrected chi connectivity index (χ4v) is 4.77. The third-order valence-electron chi connectivity index (χ3n) is 4.84. The number of rotatable bonds is 8. The van der Waals surface area contributed by atoms with Crippen molar-refractivity contribution in [2.45, 2.75) is 25.3 Å². The van der Waals surface area contributed by atoms with Crippen LogP contribution in [0.5, 0.6) is 0 Å². The first-order valence-electron chi connectivity index (χ1n) is 10.2. The topological polar surface area (TPSA) is 95.6 Å². The molecule has 34 heavy (non-hydrogen) atoms. The van der Waals surface area contributed by atoms with E-state index in [9.17, 15) is 22.4 Å². The van der Waals surface area contributed by atoms with Crippen molar-refractivity contribution in [1.82, 2.24) is 4.31 Å². The van der Waals surface area contributed by atoms with Gasteiger partial charge in [-0.3, -0.25) is 9.59 Å². The molecule has 0 aliphatic heterocycles. The summed E-state index contributed by atoms with van der Waals surface area (Å²) < 4.78 is 42.0. The lowest BCUT2D eigenvalue weighted by Gasteiger charge is -2.23. The van der Waals surface area contributed by atoms with E-state index in [2.05, 4.69) is 10.6 Å². The van der Waals surface area contributed by atoms with E-state index in [1.165, 1.54) is 43.3 Å². The number of nitrogens with zero attached hydrogens (tertiary/aromatic N) is 1. The minimum absolute atomic E-state index is 0.0361. The fraction of sp³-hybridized carbons (Fsp3) is 0.167. The molecule has 0 heterocycles. The molecule has 178 valence electrons. The third kappa shape index (κ3) is 6.40. The molecule has 2 N–H and O–H groups in total. The quantitative estimate of drug-likeness (QED) is 0.470. The number of nitrogens with one attached hydrogen (secondary N) is 2. The standard InChI is InChI=1S/C24H23ClFN3O4S/c1-16-9-11-20(12-10-16)34(32,33)29(14-21-22(25)7-4-8-23(21)26)15-24(31)28-19-6-3-5-18(13-19)27-17(2)30/h3-13H,14-15H2,1-2H3,(H,27,30)(H,28,31). The highest BCUT2D eigenvalue weighted by molar-refractivity contribution is 7.89. The van der Waals surface area contributed by atoms with E-state index < -0.39 is 34.8 Å². The predicted molar refractivity (Wildman–Crippen MR) is 130 cm³/mol. The molecule has 0 fully saturated rings. The van der Waals surface area contributed by atoms with Gasteiger partial charge in [-0.15, -0.1) is 0 Å². The zero-order valence-electron chi connectivity index (χ0n) is 18.5. The largest absolute Gasteiger partial charge is 0.326 e. The summed E-state index contributed by atoms with van der Waals surface area (Å²) in [4.78, 5) is 24.1.